The predicted octanol–water partition coefficient (Wildman–Crippen LogP) is 3.39. The van der Waals surface area contributed by atoms with Gasteiger partial charge in [0.2, 0.25) is 0 Å². The average molecular weight is 226 g/mol. The van der Waals surface area contributed by atoms with Crippen LogP contribution < -0.4 is 4.90 Å². The van der Waals surface area contributed by atoms with Crippen molar-refractivity contribution < 1.29 is 4.79 Å². The first-order chi connectivity index (χ1) is 7.10. The van der Waals surface area contributed by atoms with Crippen LogP contribution in [0.1, 0.15) is 31.1 Å². The molecular formula is C12H16ClNO. The number of nitrogens with zero attached hydrogens (tertiary/aromatic N) is 1. The summed E-state index contributed by atoms with van der Waals surface area (Å²) in [5, 5.41) is 0.515. The lowest BCUT2D eigenvalue weighted by Crippen LogP contribution is -2.30. The lowest BCUT2D eigenvalue weighted by molar-refractivity contribution is 0.112. The van der Waals surface area contributed by atoms with Gasteiger partial charge in [-0.15, -0.1) is 0 Å². The van der Waals surface area contributed by atoms with Crippen LogP contribution in [0, 0.1) is 0 Å². The Morgan fingerprint density at radius 1 is 1.47 bits per heavy atom. The van der Waals surface area contributed by atoms with Gasteiger partial charge >= 0.3 is 0 Å². The zero-order valence-electron chi connectivity index (χ0n) is 9.33. The van der Waals surface area contributed by atoms with Crippen molar-refractivity contribution in [3.8, 4) is 0 Å². The molecule has 1 rings (SSSR count). The highest BCUT2D eigenvalue weighted by molar-refractivity contribution is 6.33. The summed E-state index contributed by atoms with van der Waals surface area (Å²) in [6, 6.07) is 5.96. The van der Waals surface area contributed by atoms with Crippen LogP contribution in [-0.2, 0) is 0 Å². The largest absolute Gasteiger partial charge is 0.369 e. The van der Waals surface area contributed by atoms with E-state index >= 15 is 0 Å². The molecule has 0 heterocycles. The molecule has 1 aromatic carbocycles. The number of aldehydes is 1. The molecule has 0 saturated heterocycles. The lowest BCUT2D eigenvalue weighted by Gasteiger charge is -2.27. The minimum absolute atomic E-state index is 0.424. The number of anilines is 1. The fraction of sp³-hybridized carbons (Fsp3) is 0.417. The second kappa shape index (κ2) is 5.17. The van der Waals surface area contributed by atoms with E-state index in [1.54, 1.807) is 6.07 Å². The van der Waals surface area contributed by atoms with Gasteiger partial charge in [-0.25, -0.2) is 0 Å². The Bertz CT molecular complexity index is 349. The third-order valence-corrected chi connectivity index (χ3v) is 2.73. The topological polar surface area (TPSA) is 20.3 Å². The van der Waals surface area contributed by atoms with Gasteiger partial charge in [0.05, 0.1) is 5.02 Å². The monoisotopic (exact) mass is 225 g/mol. The van der Waals surface area contributed by atoms with E-state index in [0.717, 1.165) is 18.5 Å². The standard InChI is InChI=1S/C12H16ClNO/c1-4-14(9(2)3)11-6-5-10(8-15)12(13)7-11/h5-9H,4H2,1-3H3. The number of hydrogen-bond donors (Lipinski definition) is 0. The Morgan fingerprint density at radius 2 is 2.13 bits per heavy atom. The Morgan fingerprint density at radius 3 is 2.53 bits per heavy atom. The summed E-state index contributed by atoms with van der Waals surface area (Å²) in [6.45, 7) is 7.28. The molecule has 0 aliphatic carbocycles. The van der Waals surface area contributed by atoms with Crippen molar-refractivity contribution in [3.63, 3.8) is 0 Å². The molecule has 0 aromatic heterocycles. The van der Waals surface area contributed by atoms with Crippen molar-refractivity contribution >= 4 is 23.6 Å². The summed E-state index contributed by atoms with van der Waals surface area (Å²) >= 11 is 5.98. The summed E-state index contributed by atoms with van der Waals surface area (Å²) < 4.78 is 0. The molecule has 0 fully saturated rings. The van der Waals surface area contributed by atoms with Crippen molar-refractivity contribution in [1.82, 2.24) is 0 Å². The van der Waals surface area contributed by atoms with Crippen LogP contribution in [0.5, 0.6) is 0 Å². The Labute approximate surface area is 95.8 Å². The lowest BCUT2D eigenvalue weighted by atomic mass is 10.2. The van der Waals surface area contributed by atoms with Crippen molar-refractivity contribution in [3.05, 3.63) is 28.8 Å². The molecule has 0 bridgehead atoms. The molecular weight excluding hydrogens is 210 g/mol. The van der Waals surface area contributed by atoms with E-state index in [0.29, 0.717) is 16.6 Å². The van der Waals surface area contributed by atoms with Gasteiger partial charge in [-0.2, -0.15) is 0 Å². The molecule has 0 atom stereocenters. The minimum Gasteiger partial charge on any atom is -0.369 e. The summed E-state index contributed by atoms with van der Waals surface area (Å²) in [4.78, 5) is 12.8. The Balaban J connectivity index is 3.05. The van der Waals surface area contributed by atoms with E-state index in [1.165, 1.54) is 0 Å². The molecule has 0 radical (unpaired) electrons. The van der Waals surface area contributed by atoms with E-state index in [9.17, 15) is 4.79 Å². The highest BCUT2D eigenvalue weighted by atomic mass is 35.5. The van der Waals surface area contributed by atoms with Gasteiger partial charge in [-0.1, -0.05) is 11.6 Å². The van der Waals surface area contributed by atoms with Crippen LogP contribution in [0.2, 0.25) is 5.02 Å². The van der Waals surface area contributed by atoms with Gasteiger partial charge in [-0.3, -0.25) is 4.79 Å². The zero-order valence-corrected chi connectivity index (χ0v) is 10.1. The summed E-state index contributed by atoms with van der Waals surface area (Å²) in [6.07, 6.45) is 0.776. The maximum absolute atomic E-state index is 10.6. The number of carbonyl (C=O) groups excluding carboxylic acids is 1. The molecule has 15 heavy (non-hydrogen) atoms. The van der Waals surface area contributed by atoms with Gasteiger partial charge in [0.25, 0.3) is 0 Å². The fourth-order valence-electron chi connectivity index (χ4n) is 1.64. The van der Waals surface area contributed by atoms with Crippen LogP contribution in [0.25, 0.3) is 0 Å². The molecule has 0 spiro atoms. The third kappa shape index (κ3) is 2.72. The van der Waals surface area contributed by atoms with E-state index in [1.807, 2.05) is 12.1 Å². The summed E-state index contributed by atoms with van der Waals surface area (Å²) in [5.74, 6) is 0. The highest BCUT2D eigenvalue weighted by Crippen LogP contribution is 2.23. The minimum atomic E-state index is 0.424. The van der Waals surface area contributed by atoms with Crippen LogP contribution in [0.3, 0.4) is 0 Å². The van der Waals surface area contributed by atoms with Crippen LogP contribution >= 0.6 is 11.6 Å². The van der Waals surface area contributed by atoms with Crippen molar-refractivity contribution in [2.24, 2.45) is 0 Å². The molecule has 0 unspecified atom stereocenters. The Kier molecular flexibility index (Phi) is 4.15. The molecule has 82 valence electrons. The highest BCUT2D eigenvalue weighted by Gasteiger charge is 2.09. The van der Waals surface area contributed by atoms with Crippen LogP contribution in [0.15, 0.2) is 18.2 Å². The molecule has 0 aliphatic heterocycles. The molecule has 2 nitrogen and oxygen atoms in total. The molecule has 1 aromatic rings. The van der Waals surface area contributed by atoms with E-state index < -0.39 is 0 Å². The maximum atomic E-state index is 10.6. The third-order valence-electron chi connectivity index (χ3n) is 2.41. The first-order valence-electron chi connectivity index (χ1n) is 5.11. The van der Waals surface area contributed by atoms with Gasteiger partial charge in [0, 0.05) is 23.8 Å². The fourth-order valence-corrected chi connectivity index (χ4v) is 1.86. The van der Waals surface area contributed by atoms with Gasteiger partial charge < -0.3 is 4.90 Å². The summed E-state index contributed by atoms with van der Waals surface area (Å²) in [5.41, 5.74) is 1.60. The maximum Gasteiger partial charge on any atom is 0.151 e. The quantitative estimate of drug-likeness (QED) is 0.733. The van der Waals surface area contributed by atoms with Crippen molar-refractivity contribution in [2.75, 3.05) is 11.4 Å². The SMILES string of the molecule is CCN(c1ccc(C=O)c(Cl)c1)C(C)C. The number of benzene rings is 1. The molecule has 3 heteroatoms. The zero-order chi connectivity index (χ0) is 11.4. The number of halogens is 1. The van der Waals surface area contributed by atoms with Crippen molar-refractivity contribution in [2.45, 2.75) is 26.8 Å². The van der Waals surface area contributed by atoms with E-state index in [2.05, 4.69) is 25.7 Å². The average Bonchev–Trinajstić information content (AvgIpc) is 2.18. The first kappa shape index (κ1) is 12.1. The van der Waals surface area contributed by atoms with Gasteiger partial charge in [-0.05, 0) is 39.0 Å². The van der Waals surface area contributed by atoms with Gasteiger partial charge in [0.15, 0.2) is 6.29 Å². The number of carbonyl (C=O) groups is 1. The summed E-state index contributed by atoms with van der Waals surface area (Å²) in [7, 11) is 0. The Hall–Kier alpha value is -1.02. The van der Waals surface area contributed by atoms with Crippen LogP contribution in [-0.4, -0.2) is 18.9 Å². The first-order valence-corrected chi connectivity index (χ1v) is 5.49. The number of rotatable bonds is 4. The van der Waals surface area contributed by atoms with Crippen LogP contribution in [0.4, 0.5) is 5.69 Å². The van der Waals surface area contributed by atoms with E-state index in [4.69, 9.17) is 11.6 Å². The molecule has 0 aliphatic rings. The second-order valence-electron chi connectivity index (χ2n) is 3.70. The molecule has 0 N–H and O–H groups in total. The van der Waals surface area contributed by atoms with E-state index in [-0.39, 0.29) is 0 Å². The predicted molar refractivity (Wildman–Crippen MR) is 65.0 cm³/mol. The molecule has 0 amide bonds. The molecule has 0 saturated carbocycles. The second-order valence-corrected chi connectivity index (χ2v) is 4.11. The number of hydrogen-bond acceptors (Lipinski definition) is 2. The normalized spacial score (nSPS) is 10.5. The van der Waals surface area contributed by atoms with Gasteiger partial charge in [0.1, 0.15) is 0 Å². The smallest absolute Gasteiger partial charge is 0.151 e. The van der Waals surface area contributed by atoms with Crippen molar-refractivity contribution in [1.29, 1.82) is 0 Å².